The molecular formula is C52H41BIrN2O2-2. The molecular weight excluding hydrogens is 888 g/mol. The van der Waals surface area contributed by atoms with Crippen LogP contribution in [0.1, 0.15) is 33.4 Å². The minimum atomic E-state index is 0. The monoisotopic (exact) mass is 929 g/mol. The molecule has 4 nitrogen and oxygen atoms in total. The van der Waals surface area contributed by atoms with Crippen LogP contribution in [0, 0.1) is 53.7 Å². The molecule has 8 aromatic rings. The molecule has 0 fully saturated rings. The number of fused-ring (bicyclic) bond motifs is 4. The summed E-state index contributed by atoms with van der Waals surface area (Å²) in [4.78, 5) is 9.45. The normalized spacial score (nSPS) is 11.7. The maximum absolute atomic E-state index is 6.56. The molecule has 6 aromatic carbocycles. The summed E-state index contributed by atoms with van der Waals surface area (Å²) in [6.07, 6.45) is 3.91. The topological polar surface area (TPSA) is 44.2 Å². The zero-order valence-corrected chi connectivity index (χ0v) is 35.8. The van der Waals surface area contributed by atoms with E-state index in [0.29, 0.717) is 0 Å². The standard InChI is InChI=1S/C32H23BNO2.C20H18N.Ir/c1-19-14-15-22(20(2)16-19)24-18-34-27(17-21(24)3)23-8-6-10-26-32(23)36-30-13-7-12-29-31(30)33(26)25-9-4-5-11-28(25)35-29;1-14-9-10-18(20-11-15(2)16(3)13-21-20)12-19(14)17-7-5-4-6-8-17;/h4-7,9-18H,1-3H3;4-9,11-13H,1-3H3;/q2*-1;. The van der Waals surface area contributed by atoms with Crippen molar-refractivity contribution in [3.05, 3.63) is 185 Å². The molecule has 0 spiro atoms. The zero-order valence-electron chi connectivity index (χ0n) is 33.4. The van der Waals surface area contributed by atoms with Gasteiger partial charge in [-0.2, -0.15) is 0 Å². The van der Waals surface area contributed by atoms with Crippen molar-refractivity contribution >= 4 is 23.1 Å². The Morgan fingerprint density at radius 3 is 2.00 bits per heavy atom. The van der Waals surface area contributed by atoms with Crippen molar-refractivity contribution in [3.8, 4) is 67.8 Å². The molecule has 58 heavy (non-hydrogen) atoms. The number of nitrogens with zero attached hydrogens (tertiary/aromatic N) is 2. The van der Waals surface area contributed by atoms with E-state index in [4.69, 9.17) is 14.5 Å². The van der Waals surface area contributed by atoms with Crippen LogP contribution < -0.4 is 25.9 Å². The Bertz CT molecular complexity index is 2840. The van der Waals surface area contributed by atoms with Gasteiger partial charge in [0.15, 0.2) is 0 Å². The van der Waals surface area contributed by atoms with Crippen molar-refractivity contribution in [3.63, 3.8) is 0 Å². The Labute approximate surface area is 355 Å². The summed E-state index contributed by atoms with van der Waals surface area (Å²) >= 11 is 0. The van der Waals surface area contributed by atoms with Gasteiger partial charge in [0.05, 0.1) is 0 Å². The third-order valence-electron chi connectivity index (χ3n) is 11.2. The van der Waals surface area contributed by atoms with Crippen LogP contribution in [-0.4, -0.2) is 16.7 Å². The molecule has 0 bridgehead atoms. The van der Waals surface area contributed by atoms with Gasteiger partial charge in [-0.1, -0.05) is 114 Å². The van der Waals surface area contributed by atoms with Gasteiger partial charge in [0.25, 0.3) is 0 Å². The second-order valence-corrected chi connectivity index (χ2v) is 15.1. The van der Waals surface area contributed by atoms with Crippen LogP contribution in [0.3, 0.4) is 0 Å². The molecule has 0 saturated carbocycles. The number of hydrogen-bond acceptors (Lipinski definition) is 4. The fourth-order valence-electron chi connectivity index (χ4n) is 8.04. The second kappa shape index (κ2) is 16.1. The number of para-hydroxylation sites is 1. The zero-order chi connectivity index (χ0) is 39.2. The Hall–Kier alpha value is -6.07. The maximum atomic E-state index is 6.56. The smallest absolute Gasteiger partial charge is 0.241 e. The van der Waals surface area contributed by atoms with Crippen LogP contribution in [-0.2, 0) is 20.1 Å². The van der Waals surface area contributed by atoms with Crippen LogP contribution in [0.5, 0.6) is 23.0 Å². The number of ether oxygens (including phenoxy) is 2. The molecule has 0 unspecified atom stereocenters. The molecule has 10 rings (SSSR count). The Kier molecular flexibility index (Phi) is 10.7. The van der Waals surface area contributed by atoms with Gasteiger partial charge in [-0.15, -0.1) is 53.0 Å². The molecule has 0 aliphatic carbocycles. The first-order chi connectivity index (χ1) is 27.7. The van der Waals surface area contributed by atoms with E-state index in [1.807, 2.05) is 54.9 Å². The van der Waals surface area contributed by atoms with E-state index in [-0.39, 0.29) is 26.8 Å². The number of benzene rings is 6. The summed E-state index contributed by atoms with van der Waals surface area (Å²) < 4.78 is 12.8. The number of hydrogen-bond donors (Lipinski definition) is 0. The first-order valence-corrected chi connectivity index (χ1v) is 19.4. The molecule has 0 saturated heterocycles. The second-order valence-electron chi connectivity index (χ2n) is 15.1. The van der Waals surface area contributed by atoms with Crippen molar-refractivity contribution in [2.45, 2.75) is 41.5 Å². The molecule has 0 atom stereocenters. The quantitative estimate of drug-likeness (QED) is 0.130. The van der Waals surface area contributed by atoms with Crippen molar-refractivity contribution in [1.29, 1.82) is 0 Å². The molecule has 0 N–H and O–H groups in total. The third kappa shape index (κ3) is 7.19. The van der Waals surface area contributed by atoms with Crippen molar-refractivity contribution in [2.75, 3.05) is 0 Å². The molecule has 2 aliphatic heterocycles. The van der Waals surface area contributed by atoms with Gasteiger partial charge in [-0.25, -0.2) is 0 Å². The van der Waals surface area contributed by atoms with Gasteiger partial charge in [0.1, 0.15) is 17.2 Å². The van der Waals surface area contributed by atoms with E-state index in [1.54, 1.807) is 0 Å². The maximum Gasteiger partial charge on any atom is 0.241 e. The Morgan fingerprint density at radius 1 is 0.517 bits per heavy atom. The Morgan fingerprint density at radius 2 is 1.22 bits per heavy atom. The number of aromatic nitrogens is 2. The molecule has 4 heterocycles. The SMILES string of the molecule is Cc1ccc(-c2cnc(-c3[c-]ccc4c3Oc3cccc5c3B4c3ccccc3O5)cc2C)c(C)c1.Cc1cnc(-c2[c-]cc(C)c(-c3ccccc3)c2)cc1C.[Ir]. The fourth-order valence-corrected chi connectivity index (χ4v) is 8.04. The van der Waals surface area contributed by atoms with Crippen LogP contribution in [0.25, 0.3) is 44.8 Å². The van der Waals surface area contributed by atoms with Gasteiger partial charge in [-0.05, 0) is 97.5 Å². The van der Waals surface area contributed by atoms with Crippen molar-refractivity contribution < 1.29 is 29.6 Å². The Balaban J connectivity index is 0.000000183. The predicted molar refractivity (Wildman–Crippen MR) is 234 cm³/mol. The summed E-state index contributed by atoms with van der Waals surface area (Å²) in [6.45, 7) is 12.8. The van der Waals surface area contributed by atoms with Crippen molar-refractivity contribution in [1.82, 2.24) is 9.97 Å². The average molecular weight is 929 g/mol. The first kappa shape index (κ1) is 38.8. The van der Waals surface area contributed by atoms with Gasteiger partial charge in [0.2, 0.25) is 6.71 Å². The number of pyridine rings is 2. The predicted octanol–water partition coefficient (Wildman–Crippen LogP) is 11.0. The number of rotatable bonds is 4. The summed E-state index contributed by atoms with van der Waals surface area (Å²) in [5.74, 6) is 3.38. The van der Waals surface area contributed by atoms with Gasteiger partial charge >= 0.3 is 0 Å². The summed E-state index contributed by atoms with van der Waals surface area (Å²) in [5.41, 5.74) is 19.3. The third-order valence-corrected chi connectivity index (χ3v) is 11.2. The van der Waals surface area contributed by atoms with Crippen LogP contribution in [0.15, 0.2) is 140 Å². The van der Waals surface area contributed by atoms with Gasteiger partial charge in [-0.3, -0.25) is 0 Å². The number of aryl methyl sites for hydroxylation is 6. The minimum absolute atomic E-state index is 0. The summed E-state index contributed by atoms with van der Waals surface area (Å²) in [7, 11) is 0. The fraction of sp³-hybridized carbons (Fsp3) is 0.115. The molecule has 285 valence electrons. The largest absolute Gasteiger partial charge is 0.503 e. The summed E-state index contributed by atoms with van der Waals surface area (Å²) in [5, 5.41) is 0. The van der Waals surface area contributed by atoms with E-state index in [2.05, 4.69) is 144 Å². The minimum Gasteiger partial charge on any atom is -0.503 e. The van der Waals surface area contributed by atoms with E-state index in [9.17, 15) is 0 Å². The van der Waals surface area contributed by atoms with Crippen LogP contribution in [0.4, 0.5) is 0 Å². The van der Waals surface area contributed by atoms with E-state index in [1.165, 1.54) is 50.1 Å². The van der Waals surface area contributed by atoms with Crippen LogP contribution in [0.2, 0.25) is 0 Å². The molecule has 0 amide bonds. The molecule has 1 radical (unpaired) electrons. The van der Waals surface area contributed by atoms with Crippen molar-refractivity contribution in [2.24, 2.45) is 0 Å². The molecule has 2 aromatic heterocycles. The van der Waals surface area contributed by atoms with Gasteiger partial charge < -0.3 is 19.4 Å². The van der Waals surface area contributed by atoms with E-state index in [0.717, 1.165) is 67.5 Å². The molecule has 6 heteroatoms. The van der Waals surface area contributed by atoms with Gasteiger partial charge in [0, 0.05) is 49.3 Å². The average Bonchev–Trinajstić information content (AvgIpc) is 3.22. The van der Waals surface area contributed by atoms with Crippen LogP contribution >= 0.6 is 0 Å². The molecule has 2 aliphatic rings. The van der Waals surface area contributed by atoms with E-state index >= 15 is 0 Å². The summed E-state index contributed by atoms with van der Waals surface area (Å²) in [6, 6.07) is 50.7. The first-order valence-electron chi connectivity index (χ1n) is 19.4. The van der Waals surface area contributed by atoms with E-state index < -0.39 is 0 Å².